The Hall–Kier alpha value is -1.59. The van der Waals surface area contributed by atoms with Gasteiger partial charge in [-0.3, -0.25) is 0 Å². The maximum absolute atomic E-state index is 11.9. The number of ether oxygens (including phenoxy) is 2. The van der Waals surface area contributed by atoms with Crippen molar-refractivity contribution in [1.82, 2.24) is 4.98 Å². The van der Waals surface area contributed by atoms with Crippen LogP contribution in [0.1, 0.15) is 13.8 Å². The van der Waals surface area contributed by atoms with Crippen LogP contribution in [0.4, 0.5) is 14.5 Å². The van der Waals surface area contributed by atoms with Gasteiger partial charge < -0.3 is 15.2 Å². The largest absolute Gasteiger partial charge is 0.473 e. The monoisotopic (exact) mass is 232 g/mol. The molecular weight excluding hydrogens is 218 g/mol. The highest BCUT2D eigenvalue weighted by Gasteiger charge is 2.09. The van der Waals surface area contributed by atoms with Crippen LogP contribution in [-0.2, 0) is 0 Å². The van der Waals surface area contributed by atoms with E-state index in [1.165, 1.54) is 12.1 Å². The molecule has 0 aliphatic carbocycles. The van der Waals surface area contributed by atoms with E-state index in [1.54, 1.807) is 0 Å². The quantitative estimate of drug-likeness (QED) is 0.844. The Morgan fingerprint density at radius 3 is 2.62 bits per heavy atom. The summed E-state index contributed by atoms with van der Waals surface area (Å²) in [7, 11) is 0. The van der Waals surface area contributed by atoms with Crippen molar-refractivity contribution in [3.63, 3.8) is 0 Å². The predicted octanol–water partition coefficient (Wildman–Crippen LogP) is 2.09. The Morgan fingerprint density at radius 1 is 1.38 bits per heavy atom. The van der Waals surface area contributed by atoms with Gasteiger partial charge in [-0.2, -0.15) is 4.98 Å². The lowest BCUT2D eigenvalue weighted by Crippen LogP contribution is -2.11. The van der Waals surface area contributed by atoms with Crippen LogP contribution in [0, 0.1) is 0 Å². The lowest BCUT2D eigenvalue weighted by Gasteiger charge is -2.12. The number of hydrogen-bond acceptors (Lipinski definition) is 4. The third-order valence-corrected chi connectivity index (χ3v) is 1.57. The van der Waals surface area contributed by atoms with Gasteiger partial charge in [0.25, 0.3) is 6.43 Å². The van der Waals surface area contributed by atoms with E-state index >= 15 is 0 Å². The van der Waals surface area contributed by atoms with E-state index in [-0.39, 0.29) is 17.9 Å². The zero-order valence-electron chi connectivity index (χ0n) is 9.11. The Bertz CT molecular complexity index is 346. The second kappa shape index (κ2) is 5.48. The fourth-order valence-electron chi connectivity index (χ4n) is 0.981. The molecule has 0 fully saturated rings. The van der Waals surface area contributed by atoms with E-state index in [2.05, 4.69) is 4.98 Å². The van der Waals surface area contributed by atoms with E-state index in [4.69, 9.17) is 15.2 Å². The molecule has 0 aromatic carbocycles. The van der Waals surface area contributed by atoms with E-state index < -0.39 is 13.0 Å². The molecular formula is C10H14F2N2O2. The second-order valence-electron chi connectivity index (χ2n) is 3.41. The Kier molecular flexibility index (Phi) is 4.28. The molecule has 2 N–H and O–H groups in total. The number of halogens is 2. The molecule has 0 spiro atoms. The van der Waals surface area contributed by atoms with Gasteiger partial charge in [-0.15, -0.1) is 0 Å². The highest BCUT2D eigenvalue weighted by molar-refractivity contribution is 5.49. The van der Waals surface area contributed by atoms with Crippen LogP contribution in [-0.4, -0.2) is 24.1 Å². The molecule has 0 aliphatic heterocycles. The van der Waals surface area contributed by atoms with E-state index in [9.17, 15) is 8.78 Å². The number of nitrogens with two attached hydrogens (primary N) is 1. The number of alkyl halides is 2. The lowest BCUT2D eigenvalue weighted by molar-refractivity contribution is 0.0789. The molecule has 6 heteroatoms. The number of pyridine rings is 1. The van der Waals surface area contributed by atoms with E-state index in [1.807, 2.05) is 13.8 Å². The molecule has 0 unspecified atom stereocenters. The summed E-state index contributed by atoms with van der Waals surface area (Å²) >= 11 is 0. The molecule has 0 saturated carbocycles. The number of nitrogen functional groups attached to an aromatic ring is 1. The van der Waals surface area contributed by atoms with Crippen LogP contribution in [0.3, 0.4) is 0 Å². The summed E-state index contributed by atoms with van der Waals surface area (Å²) < 4.78 is 33.8. The standard InChI is InChI=1S/C10H14F2N2O2/c1-6(2)16-10-7(13)3-4-9(14-10)15-5-8(11)12/h3-4,6,8H,5,13H2,1-2H3. The zero-order chi connectivity index (χ0) is 12.1. The van der Waals surface area contributed by atoms with Crippen LogP contribution < -0.4 is 15.2 Å². The van der Waals surface area contributed by atoms with Crippen molar-refractivity contribution in [2.75, 3.05) is 12.3 Å². The molecule has 90 valence electrons. The van der Waals surface area contributed by atoms with Gasteiger partial charge in [-0.1, -0.05) is 0 Å². The highest BCUT2D eigenvalue weighted by atomic mass is 19.3. The average molecular weight is 232 g/mol. The van der Waals surface area contributed by atoms with Crippen LogP contribution in [0.15, 0.2) is 12.1 Å². The van der Waals surface area contributed by atoms with Crippen LogP contribution >= 0.6 is 0 Å². The minimum atomic E-state index is -2.53. The van der Waals surface area contributed by atoms with Crippen molar-refractivity contribution in [3.8, 4) is 11.8 Å². The van der Waals surface area contributed by atoms with Gasteiger partial charge in [0.05, 0.1) is 11.8 Å². The first kappa shape index (κ1) is 12.5. The summed E-state index contributed by atoms with van der Waals surface area (Å²) in [5.41, 5.74) is 5.95. The van der Waals surface area contributed by atoms with Crippen LogP contribution in [0.5, 0.6) is 11.8 Å². The van der Waals surface area contributed by atoms with Gasteiger partial charge in [0.15, 0.2) is 6.61 Å². The first-order chi connectivity index (χ1) is 7.49. The molecule has 0 amide bonds. The van der Waals surface area contributed by atoms with Gasteiger partial charge in [0.2, 0.25) is 11.8 Å². The Balaban J connectivity index is 2.73. The Morgan fingerprint density at radius 2 is 2.06 bits per heavy atom. The van der Waals surface area contributed by atoms with Crippen LogP contribution in [0.25, 0.3) is 0 Å². The van der Waals surface area contributed by atoms with Crippen molar-refractivity contribution in [2.45, 2.75) is 26.4 Å². The SMILES string of the molecule is CC(C)Oc1nc(OCC(F)F)ccc1N. The van der Waals surface area contributed by atoms with Crippen molar-refractivity contribution >= 4 is 5.69 Å². The number of rotatable bonds is 5. The number of aromatic nitrogens is 1. The summed E-state index contributed by atoms with van der Waals surface area (Å²) in [4.78, 5) is 3.88. The van der Waals surface area contributed by atoms with Crippen molar-refractivity contribution in [1.29, 1.82) is 0 Å². The van der Waals surface area contributed by atoms with Gasteiger partial charge in [-0.25, -0.2) is 8.78 Å². The zero-order valence-corrected chi connectivity index (χ0v) is 9.11. The average Bonchev–Trinajstić information content (AvgIpc) is 2.18. The summed E-state index contributed by atoms with van der Waals surface area (Å²) in [6.45, 7) is 2.93. The molecule has 16 heavy (non-hydrogen) atoms. The molecule has 0 saturated heterocycles. The summed E-state index contributed by atoms with van der Waals surface area (Å²) in [6, 6.07) is 2.93. The second-order valence-corrected chi connectivity index (χ2v) is 3.41. The first-order valence-corrected chi connectivity index (χ1v) is 4.83. The topological polar surface area (TPSA) is 57.4 Å². The third kappa shape index (κ3) is 3.88. The van der Waals surface area contributed by atoms with Crippen molar-refractivity contribution in [2.24, 2.45) is 0 Å². The molecule has 0 radical (unpaired) electrons. The molecule has 0 bridgehead atoms. The van der Waals surface area contributed by atoms with Crippen LogP contribution in [0.2, 0.25) is 0 Å². The van der Waals surface area contributed by atoms with Gasteiger partial charge in [0.1, 0.15) is 0 Å². The fourth-order valence-corrected chi connectivity index (χ4v) is 0.981. The summed E-state index contributed by atoms with van der Waals surface area (Å²) in [6.07, 6.45) is -2.63. The molecule has 0 aliphatic rings. The fraction of sp³-hybridized carbons (Fsp3) is 0.500. The summed E-state index contributed by atoms with van der Waals surface area (Å²) in [5.74, 6) is 0.270. The van der Waals surface area contributed by atoms with E-state index in [0.29, 0.717) is 5.69 Å². The van der Waals surface area contributed by atoms with Gasteiger partial charge in [0, 0.05) is 6.07 Å². The maximum Gasteiger partial charge on any atom is 0.272 e. The molecule has 1 rings (SSSR count). The smallest absolute Gasteiger partial charge is 0.272 e. The van der Waals surface area contributed by atoms with Crippen molar-refractivity contribution in [3.05, 3.63) is 12.1 Å². The minimum Gasteiger partial charge on any atom is -0.473 e. The third-order valence-electron chi connectivity index (χ3n) is 1.57. The predicted molar refractivity (Wildman–Crippen MR) is 55.9 cm³/mol. The highest BCUT2D eigenvalue weighted by Crippen LogP contribution is 2.23. The lowest BCUT2D eigenvalue weighted by atomic mass is 10.4. The number of nitrogens with zero attached hydrogens (tertiary/aromatic N) is 1. The van der Waals surface area contributed by atoms with Crippen molar-refractivity contribution < 1.29 is 18.3 Å². The minimum absolute atomic E-state index is 0.0742. The molecule has 1 aromatic rings. The summed E-state index contributed by atoms with van der Waals surface area (Å²) in [5, 5.41) is 0. The molecule has 0 atom stereocenters. The number of anilines is 1. The van der Waals surface area contributed by atoms with Gasteiger partial charge >= 0.3 is 0 Å². The molecule has 4 nitrogen and oxygen atoms in total. The first-order valence-electron chi connectivity index (χ1n) is 4.83. The van der Waals surface area contributed by atoms with Gasteiger partial charge in [-0.05, 0) is 19.9 Å². The number of hydrogen-bond donors (Lipinski definition) is 1. The normalized spacial score (nSPS) is 10.9. The van der Waals surface area contributed by atoms with E-state index in [0.717, 1.165) is 0 Å². The molecule has 1 aromatic heterocycles. The Labute approximate surface area is 92.4 Å². The maximum atomic E-state index is 11.9. The molecule has 1 heterocycles.